The molecule has 0 fully saturated rings. The normalized spacial score (nSPS) is 12.0. The highest BCUT2D eigenvalue weighted by atomic mass is 16.6. The van der Waals surface area contributed by atoms with Crippen LogP contribution < -0.4 is 0 Å². The third-order valence-corrected chi connectivity index (χ3v) is 5.49. The molecule has 0 spiro atoms. The quantitative estimate of drug-likeness (QED) is 0.179. The van der Waals surface area contributed by atoms with Gasteiger partial charge in [0.05, 0.1) is 11.4 Å². The van der Waals surface area contributed by atoms with Crippen LogP contribution in [0.3, 0.4) is 0 Å². The fourth-order valence-electron chi connectivity index (χ4n) is 3.77. The second-order valence-electron chi connectivity index (χ2n) is 8.06. The van der Waals surface area contributed by atoms with E-state index in [1.807, 2.05) is 67.8 Å². The summed E-state index contributed by atoms with van der Waals surface area (Å²) >= 11 is 0. The lowest BCUT2D eigenvalue weighted by Crippen LogP contribution is -2.08. The number of benzene rings is 1. The van der Waals surface area contributed by atoms with E-state index in [9.17, 15) is 0 Å². The topological polar surface area (TPSA) is 73.9 Å². The lowest BCUT2D eigenvalue weighted by Gasteiger charge is -2.11. The first-order chi connectivity index (χ1) is 17.2. The van der Waals surface area contributed by atoms with Crippen LogP contribution in [0.5, 0.6) is 0 Å². The Bertz CT molecular complexity index is 1300. The van der Waals surface area contributed by atoms with Crippen LogP contribution in [0, 0.1) is 6.92 Å². The molecule has 0 saturated carbocycles. The summed E-state index contributed by atoms with van der Waals surface area (Å²) in [6.07, 6.45) is 7.39. The lowest BCUT2D eigenvalue weighted by molar-refractivity contribution is 0.142. The van der Waals surface area contributed by atoms with Crippen molar-refractivity contribution in [2.75, 3.05) is 13.7 Å². The highest BCUT2D eigenvalue weighted by molar-refractivity contribution is 6.11. The van der Waals surface area contributed by atoms with Gasteiger partial charge in [-0.05, 0) is 80.8 Å². The minimum Gasteiger partial charge on any atom is -0.399 e. The molecular formula is C28H29N5O2. The predicted octanol–water partition coefficient (Wildman–Crippen LogP) is 5.35. The van der Waals surface area contributed by atoms with Crippen molar-refractivity contribution in [1.29, 1.82) is 0 Å². The van der Waals surface area contributed by atoms with Gasteiger partial charge in [0.25, 0.3) is 0 Å². The van der Waals surface area contributed by atoms with Gasteiger partial charge in [-0.25, -0.2) is 0 Å². The second kappa shape index (κ2) is 11.7. The van der Waals surface area contributed by atoms with E-state index in [4.69, 9.17) is 9.68 Å². The van der Waals surface area contributed by atoms with E-state index in [1.54, 1.807) is 6.20 Å². The molecule has 35 heavy (non-hydrogen) atoms. The van der Waals surface area contributed by atoms with Crippen molar-refractivity contribution in [3.63, 3.8) is 0 Å². The summed E-state index contributed by atoms with van der Waals surface area (Å²) in [4.78, 5) is 19.7. The SMILES string of the molecule is CO/N=C(\C)c1cccc(CCCO/N=C(/c2ccc(-n3cccc3)c(C)c2)c2ccccn2)n1. The molecule has 0 saturated heterocycles. The van der Waals surface area contributed by atoms with Gasteiger partial charge < -0.3 is 14.2 Å². The van der Waals surface area contributed by atoms with E-state index in [-0.39, 0.29) is 0 Å². The Hall–Kier alpha value is -4.26. The van der Waals surface area contributed by atoms with E-state index in [0.29, 0.717) is 12.3 Å². The molecule has 7 nitrogen and oxygen atoms in total. The number of nitrogens with zero attached hydrogens (tertiary/aromatic N) is 5. The first kappa shape index (κ1) is 23.9. The number of rotatable bonds is 10. The minimum atomic E-state index is 0.466. The third kappa shape index (κ3) is 6.20. The van der Waals surface area contributed by atoms with Gasteiger partial charge in [0.2, 0.25) is 0 Å². The van der Waals surface area contributed by atoms with Crippen LogP contribution in [0.2, 0.25) is 0 Å². The van der Waals surface area contributed by atoms with Gasteiger partial charge in [0.1, 0.15) is 25.1 Å². The zero-order valence-electron chi connectivity index (χ0n) is 20.3. The van der Waals surface area contributed by atoms with E-state index >= 15 is 0 Å². The van der Waals surface area contributed by atoms with Crippen molar-refractivity contribution in [3.05, 3.63) is 114 Å². The molecule has 0 atom stereocenters. The van der Waals surface area contributed by atoms with Crippen LogP contribution in [-0.2, 0) is 16.1 Å². The molecule has 0 aliphatic heterocycles. The molecule has 7 heteroatoms. The van der Waals surface area contributed by atoms with Gasteiger partial charge >= 0.3 is 0 Å². The standard InChI is InChI=1S/C28H29N5O2/c1-21-20-23(14-15-27(21)33-17-6-7-18-33)28(26-12-4-5-16-29-26)32-35-19-9-11-24-10-8-13-25(30-24)22(2)31-34-3/h4-8,10,12-18,20H,9,11,19H2,1-3H3/b31-22+,32-28-. The van der Waals surface area contributed by atoms with E-state index in [0.717, 1.165) is 52.4 Å². The van der Waals surface area contributed by atoms with Gasteiger partial charge in [-0.3, -0.25) is 9.97 Å². The maximum atomic E-state index is 5.76. The summed E-state index contributed by atoms with van der Waals surface area (Å²) in [7, 11) is 1.53. The molecular weight excluding hydrogens is 438 g/mol. The van der Waals surface area contributed by atoms with E-state index in [2.05, 4.69) is 50.0 Å². The Kier molecular flexibility index (Phi) is 8.01. The number of pyridine rings is 2. The molecule has 0 radical (unpaired) electrons. The monoisotopic (exact) mass is 467 g/mol. The van der Waals surface area contributed by atoms with E-state index in [1.165, 1.54) is 7.11 Å². The van der Waals surface area contributed by atoms with Crippen LogP contribution in [0.4, 0.5) is 0 Å². The maximum Gasteiger partial charge on any atom is 0.135 e. The van der Waals surface area contributed by atoms with Crippen molar-refractivity contribution in [1.82, 2.24) is 14.5 Å². The van der Waals surface area contributed by atoms with Crippen molar-refractivity contribution < 1.29 is 9.68 Å². The number of hydrogen-bond donors (Lipinski definition) is 0. The zero-order valence-corrected chi connectivity index (χ0v) is 20.3. The molecule has 0 N–H and O–H groups in total. The molecule has 0 aliphatic rings. The summed E-state index contributed by atoms with van der Waals surface area (Å²) in [5, 5.41) is 8.44. The van der Waals surface area contributed by atoms with Gasteiger partial charge in [-0.15, -0.1) is 0 Å². The van der Waals surface area contributed by atoms with Crippen LogP contribution in [0.25, 0.3) is 5.69 Å². The van der Waals surface area contributed by atoms with Crippen molar-refractivity contribution in [3.8, 4) is 5.69 Å². The molecule has 0 aliphatic carbocycles. The first-order valence-electron chi connectivity index (χ1n) is 11.6. The maximum absolute atomic E-state index is 5.76. The molecule has 4 rings (SSSR count). The Morgan fingerprint density at radius 1 is 0.943 bits per heavy atom. The zero-order chi connectivity index (χ0) is 24.5. The Balaban J connectivity index is 1.46. The molecule has 4 aromatic rings. The molecule has 0 amide bonds. The summed E-state index contributed by atoms with van der Waals surface area (Å²) in [5.74, 6) is 0. The fraction of sp³-hybridized carbons (Fsp3) is 0.214. The average molecular weight is 468 g/mol. The van der Waals surface area contributed by atoms with Crippen LogP contribution in [0.1, 0.15) is 41.6 Å². The summed E-state index contributed by atoms with van der Waals surface area (Å²) in [6, 6.07) is 22.0. The smallest absolute Gasteiger partial charge is 0.135 e. The van der Waals surface area contributed by atoms with E-state index < -0.39 is 0 Å². The van der Waals surface area contributed by atoms with Crippen molar-refractivity contribution in [2.24, 2.45) is 10.3 Å². The Morgan fingerprint density at radius 2 is 1.77 bits per heavy atom. The molecule has 1 aromatic carbocycles. The van der Waals surface area contributed by atoms with Gasteiger partial charge in [0.15, 0.2) is 0 Å². The van der Waals surface area contributed by atoms with Gasteiger partial charge in [-0.2, -0.15) is 0 Å². The first-order valence-corrected chi connectivity index (χ1v) is 11.6. The summed E-state index contributed by atoms with van der Waals surface area (Å²) in [6.45, 7) is 4.43. The van der Waals surface area contributed by atoms with Crippen LogP contribution in [-0.4, -0.2) is 39.7 Å². The molecule has 0 unspecified atom stereocenters. The highest BCUT2D eigenvalue weighted by Gasteiger charge is 2.12. The van der Waals surface area contributed by atoms with Crippen LogP contribution in [0.15, 0.2) is 95.6 Å². The molecule has 178 valence electrons. The predicted molar refractivity (Wildman–Crippen MR) is 138 cm³/mol. The fourth-order valence-corrected chi connectivity index (χ4v) is 3.77. The number of oxime groups is 2. The van der Waals surface area contributed by atoms with Crippen molar-refractivity contribution in [2.45, 2.75) is 26.7 Å². The third-order valence-electron chi connectivity index (χ3n) is 5.49. The lowest BCUT2D eigenvalue weighted by atomic mass is 10.0. The molecule has 0 bridgehead atoms. The minimum absolute atomic E-state index is 0.466. The number of hydrogen-bond acceptors (Lipinski definition) is 6. The number of aryl methyl sites for hydroxylation is 2. The van der Waals surface area contributed by atoms with Gasteiger partial charge in [-0.1, -0.05) is 28.5 Å². The van der Waals surface area contributed by atoms with Gasteiger partial charge in [0, 0.05) is 35.5 Å². The van der Waals surface area contributed by atoms with Crippen molar-refractivity contribution >= 4 is 11.4 Å². The Morgan fingerprint density at radius 3 is 2.51 bits per heavy atom. The highest BCUT2D eigenvalue weighted by Crippen LogP contribution is 2.19. The second-order valence-corrected chi connectivity index (χ2v) is 8.06. The largest absolute Gasteiger partial charge is 0.399 e. The molecule has 3 heterocycles. The summed E-state index contributed by atoms with van der Waals surface area (Å²) < 4.78 is 2.10. The van der Waals surface area contributed by atoms with Crippen LogP contribution >= 0.6 is 0 Å². The summed E-state index contributed by atoms with van der Waals surface area (Å²) in [5.41, 5.74) is 7.22. The number of aromatic nitrogens is 3. The Labute approximate surface area is 205 Å². The molecule has 3 aromatic heterocycles. The average Bonchev–Trinajstić information content (AvgIpc) is 3.42.